The van der Waals surface area contributed by atoms with Crippen LogP contribution in [0, 0.1) is 0 Å². The molecule has 10 nitrogen and oxygen atoms in total. The summed E-state index contributed by atoms with van der Waals surface area (Å²) < 4.78 is 7.26. The lowest BCUT2D eigenvalue weighted by Crippen LogP contribution is -2.43. The number of aryl methyl sites for hydroxylation is 1. The van der Waals surface area contributed by atoms with Crippen LogP contribution < -0.4 is 4.90 Å². The van der Waals surface area contributed by atoms with Gasteiger partial charge in [-0.3, -0.25) is 9.69 Å². The number of nitrogens with zero attached hydrogens (tertiary/aromatic N) is 7. The van der Waals surface area contributed by atoms with Crippen LogP contribution in [0.2, 0.25) is 0 Å². The molecule has 2 aromatic heterocycles. The summed E-state index contributed by atoms with van der Waals surface area (Å²) in [6.45, 7) is 4.49. The molecule has 0 spiro atoms. The molecule has 0 amide bonds. The second kappa shape index (κ2) is 11.6. The maximum Gasteiger partial charge on any atom is 0.319 e. The number of rotatable bonds is 10. The molecule has 198 valence electrons. The summed E-state index contributed by atoms with van der Waals surface area (Å²) >= 11 is 0. The summed E-state index contributed by atoms with van der Waals surface area (Å²) in [4.78, 5) is 21.3. The molecule has 0 unspecified atom stereocenters. The van der Waals surface area contributed by atoms with E-state index in [0.29, 0.717) is 19.0 Å². The Morgan fingerprint density at radius 3 is 2.58 bits per heavy atom. The molecular formula is C28H34N8O2. The van der Waals surface area contributed by atoms with E-state index < -0.39 is 0 Å². The normalized spacial score (nSPS) is 13.5. The van der Waals surface area contributed by atoms with Gasteiger partial charge in [0.25, 0.3) is 0 Å². The zero-order valence-electron chi connectivity index (χ0n) is 22.2. The molecule has 0 aliphatic carbocycles. The van der Waals surface area contributed by atoms with Crippen LogP contribution in [0.25, 0.3) is 22.5 Å². The predicted molar refractivity (Wildman–Crippen MR) is 145 cm³/mol. The molecule has 38 heavy (non-hydrogen) atoms. The first-order valence-electron chi connectivity index (χ1n) is 13.1. The average molecular weight is 515 g/mol. The minimum Gasteiger partial charge on any atom is -0.468 e. The molecule has 4 aromatic rings. The number of ether oxygens (including phenoxy) is 1. The summed E-state index contributed by atoms with van der Waals surface area (Å²) in [5.74, 6) is 2.45. The van der Waals surface area contributed by atoms with Gasteiger partial charge in [-0.15, -0.1) is 10.2 Å². The summed E-state index contributed by atoms with van der Waals surface area (Å²) in [5, 5.41) is 14.6. The van der Waals surface area contributed by atoms with E-state index in [9.17, 15) is 4.79 Å². The van der Waals surface area contributed by atoms with Crippen LogP contribution in [-0.2, 0) is 29.0 Å². The van der Waals surface area contributed by atoms with Crippen molar-refractivity contribution in [3.8, 4) is 22.5 Å². The number of aromatic nitrogens is 6. The molecule has 2 aromatic carbocycles. The van der Waals surface area contributed by atoms with Crippen LogP contribution in [0.1, 0.15) is 43.3 Å². The van der Waals surface area contributed by atoms with Gasteiger partial charge in [-0.2, -0.15) is 5.21 Å². The van der Waals surface area contributed by atoms with Gasteiger partial charge in [-0.25, -0.2) is 4.98 Å². The first-order valence-corrected chi connectivity index (χ1v) is 13.1. The molecule has 5 rings (SSSR count). The topological polar surface area (TPSA) is 105 Å². The fraction of sp³-hybridized carbons (Fsp3) is 0.393. The third kappa shape index (κ3) is 5.45. The second-order valence-corrected chi connectivity index (χ2v) is 9.72. The smallest absolute Gasteiger partial charge is 0.319 e. The van der Waals surface area contributed by atoms with E-state index in [1.165, 1.54) is 25.5 Å². The number of benzene rings is 2. The number of hydrogen-bond acceptors (Lipinski definition) is 8. The molecular weight excluding hydrogens is 480 g/mol. The van der Waals surface area contributed by atoms with E-state index in [1.807, 2.05) is 25.2 Å². The Morgan fingerprint density at radius 1 is 1.08 bits per heavy atom. The van der Waals surface area contributed by atoms with Gasteiger partial charge in [-0.05, 0) is 28.3 Å². The van der Waals surface area contributed by atoms with Gasteiger partial charge in [0, 0.05) is 32.1 Å². The molecule has 0 bridgehead atoms. The third-order valence-corrected chi connectivity index (χ3v) is 6.98. The quantitative estimate of drug-likeness (QED) is 0.251. The van der Waals surface area contributed by atoms with Crippen molar-refractivity contribution in [2.75, 3.05) is 32.3 Å². The molecule has 1 N–H and O–H groups in total. The van der Waals surface area contributed by atoms with Crippen molar-refractivity contribution < 1.29 is 9.53 Å². The maximum atomic E-state index is 12.0. The van der Waals surface area contributed by atoms with Crippen LogP contribution in [-0.4, -0.2) is 68.4 Å². The number of unbranched alkanes of at least 4 members (excludes halogenated alkanes) is 2. The van der Waals surface area contributed by atoms with Crippen LogP contribution in [0.15, 0.2) is 48.5 Å². The minimum absolute atomic E-state index is 0.229. The van der Waals surface area contributed by atoms with E-state index in [4.69, 9.17) is 9.72 Å². The lowest BCUT2D eigenvalue weighted by Gasteiger charge is -2.33. The van der Waals surface area contributed by atoms with Crippen molar-refractivity contribution in [3.63, 3.8) is 0 Å². The number of esters is 1. The lowest BCUT2D eigenvalue weighted by atomic mass is 9.98. The lowest BCUT2D eigenvalue weighted by molar-refractivity contribution is -0.142. The van der Waals surface area contributed by atoms with Gasteiger partial charge in [-0.1, -0.05) is 68.3 Å². The molecule has 1 aliphatic rings. The standard InChI is InChI=1S/C28H34N8O2/c1-4-5-6-11-25-29-28-24(17-35(19-34(28)2)18-26(37)38-3)36(25)16-20-12-14-21(15-13-20)22-9-7-8-10-23(22)27-30-32-33-31-27/h7-10,12-15H,4-6,11,16-19H2,1-3H3,(H,30,31,32,33). The van der Waals surface area contributed by atoms with E-state index in [2.05, 4.69) is 72.2 Å². The van der Waals surface area contributed by atoms with Gasteiger partial charge in [0.2, 0.25) is 5.82 Å². The third-order valence-electron chi connectivity index (χ3n) is 6.98. The van der Waals surface area contributed by atoms with Crippen molar-refractivity contribution in [2.45, 2.75) is 45.7 Å². The van der Waals surface area contributed by atoms with Gasteiger partial charge in [0.05, 0.1) is 26.0 Å². The number of hydrogen-bond donors (Lipinski definition) is 1. The highest BCUT2D eigenvalue weighted by atomic mass is 16.5. The van der Waals surface area contributed by atoms with Crippen molar-refractivity contribution in [1.29, 1.82) is 0 Å². The average Bonchev–Trinajstić information content (AvgIpc) is 3.59. The molecule has 0 radical (unpaired) electrons. The Hall–Kier alpha value is -4.05. The minimum atomic E-state index is -0.229. The Balaban J connectivity index is 1.43. The van der Waals surface area contributed by atoms with Crippen molar-refractivity contribution in [2.24, 2.45) is 0 Å². The molecule has 1 aliphatic heterocycles. The number of carbonyl (C=O) groups is 1. The largest absolute Gasteiger partial charge is 0.468 e. The number of tetrazole rings is 1. The number of nitrogens with one attached hydrogen (secondary N) is 1. The first-order chi connectivity index (χ1) is 18.6. The van der Waals surface area contributed by atoms with E-state index in [1.54, 1.807) is 0 Å². The SMILES string of the molecule is CCCCCc1nc2c(n1Cc1ccc(-c3ccccc3-c3nn[nH]n3)cc1)CN(CC(=O)OC)CN2C. The van der Waals surface area contributed by atoms with Crippen LogP contribution in [0.4, 0.5) is 5.82 Å². The molecule has 0 fully saturated rings. The molecule has 0 saturated heterocycles. The first kappa shape index (κ1) is 25.6. The number of anilines is 1. The molecule has 0 saturated carbocycles. The van der Waals surface area contributed by atoms with Crippen molar-refractivity contribution in [1.82, 2.24) is 35.1 Å². The predicted octanol–water partition coefficient (Wildman–Crippen LogP) is 3.89. The number of carbonyl (C=O) groups excluding carboxylic acids is 1. The fourth-order valence-corrected chi connectivity index (χ4v) is 5.06. The Kier molecular flexibility index (Phi) is 7.78. The summed E-state index contributed by atoms with van der Waals surface area (Å²) in [7, 11) is 3.47. The van der Waals surface area contributed by atoms with E-state index in [-0.39, 0.29) is 12.5 Å². The number of H-pyrrole nitrogens is 1. The van der Waals surface area contributed by atoms with E-state index in [0.717, 1.165) is 53.4 Å². The zero-order chi connectivity index (χ0) is 26.5. The second-order valence-electron chi connectivity index (χ2n) is 9.72. The van der Waals surface area contributed by atoms with Crippen molar-refractivity contribution in [3.05, 3.63) is 65.6 Å². The van der Waals surface area contributed by atoms with Crippen LogP contribution in [0.3, 0.4) is 0 Å². The molecule has 3 heterocycles. The number of fused-ring (bicyclic) bond motifs is 1. The monoisotopic (exact) mass is 514 g/mol. The fourth-order valence-electron chi connectivity index (χ4n) is 5.06. The molecule has 0 atom stereocenters. The zero-order valence-corrected chi connectivity index (χ0v) is 22.2. The van der Waals surface area contributed by atoms with Gasteiger partial charge >= 0.3 is 5.97 Å². The number of aromatic amines is 1. The molecule has 10 heteroatoms. The number of imidazole rings is 1. The highest BCUT2D eigenvalue weighted by molar-refractivity contribution is 5.80. The number of methoxy groups -OCH3 is 1. The maximum absolute atomic E-state index is 12.0. The summed E-state index contributed by atoms with van der Waals surface area (Å²) in [6, 6.07) is 16.7. The van der Waals surface area contributed by atoms with Crippen molar-refractivity contribution >= 4 is 11.8 Å². The summed E-state index contributed by atoms with van der Waals surface area (Å²) in [5.41, 5.74) is 5.41. The highest BCUT2D eigenvalue weighted by Crippen LogP contribution is 2.31. The van der Waals surface area contributed by atoms with Crippen LogP contribution >= 0.6 is 0 Å². The Morgan fingerprint density at radius 2 is 1.87 bits per heavy atom. The van der Waals surface area contributed by atoms with E-state index >= 15 is 0 Å². The Labute approximate surface area is 222 Å². The van der Waals surface area contributed by atoms with Crippen LogP contribution in [0.5, 0.6) is 0 Å². The Bertz CT molecular complexity index is 1360. The highest BCUT2D eigenvalue weighted by Gasteiger charge is 2.28. The van der Waals surface area contributed by atoms with Gasteiger partial charge in [0.1, 0.15) is 5.82 Å². The summed E-state index contributed by atoms with van der Waals surface area (Å²) in [6.07, 6.45) is 4.38. The van der Waals surface area contributed by atoms with Gasteiger partial charge in [0.15, 0.2) is 5.82 Å². The van der Waals surface area contributed by atoms with Gasteiger partial charge < -0.3 is 14.2 Å².